The molecular weight excluding hydrogens is 490 g/mol. The van der Waals surface area contributed by atoms with Gasteiger partial charge in [-0.25, -0.2) is 14.6 Å². The van der Waals surface area contributed by atoms with Crippen LogP contribution in [-0.2, 0) is 11.2 Å². The van der Waals surface area contributed by atoms with Crippen molar-refractivity contribution in [1.82, 2.24) is 30.3 Å². The molecule has 2 aromatic heterocycles. The van der Waals surface area contributed by atoms with E-state index in [2.05, 4.69) is 32.9 Å². The highest BCUT2D eigenvalue weighted by Gasteiger charge is 2.48. The van der Waals surface area contributed by atoms with Crippen LogP contribution in [0.2, 0.25) is 0 Å². The molecule has 3 aromatic rings. The average molecular weight is 526 g/mol. The second-order valence-corrected chi connectivity index (χ2v) is 11.8. The Morgan fingerprint density at radius 3 is 2.62 bits per heavy atom. The SMILES string of the molecule is CCCSc1nc(NC2CC2)c2nnn(C3C[C@H](C(=O)NC(C)(C)Cc4ccccc4)C(O)C3O)c2n1. The van der Waals surface area contributed by atoms with E-state index in [0.29, 0.717) is 34.6 Å². The molecule has 11 heteroatoms. The van der Waals surface area contributed by atoms with Gasteiger partial charge < -0.3 is 20.8 Å². The highest BCUT2D eigenvalue weighted by atomic mass is 32.2. The number of aromatic nitrogens is 5. The van der Waals surface area contributed by atoms with Crippen LogP contribution in [0.25, 0.3) is 11.2 Å². The van der Waals surface area contributed by atoms with Crippen LogP contribution in [0.15, 0.2) is 35.5 Å². The van der Waals surface area contributed by atoms with Crippen LogP contribution < -0.4 is 10.6 Å². The number of hydrogen-bond acceptors (Lipinski definition) is 9. The van der Waals surface area contributed by atoms with E-state index in [1.807, 2.05) is 44.2 Å². The summed E-state index contributed by atoms with van der Waals surface area (Å²) in [5.41, 5.74) is 1.62. The molecule has 37 heavy (non-hydrogen) atoms. The van der Waals surface area contributed by atoms with Gasteiger partial charge in [-0.2, -0.15) is 0 Å². The Balaban J connectivity index is 1.37. The van der Waals surface area contributed by atoms with E-state index in [1.165, 1.54) is 0 Å². The maximum absolute atomic E-state index is 13.3. The first kappa shape index (κ1) is 25.9. The molecule has 5 rings (SSSR count). The van der Waals surface area contributed by atoms with Crippen molar-refractivity contribution in [2.75, 3.05) is 11.1 Å². The van der Waals surface area contributed by atoms with Gasteiger partial charge in [0.05, 0.1) is 18.1 Å². The normalized spacial score (nSPS) is 23.9. The van der Waals surface area contributed by atoms with Gasteiger partial charge in [0, 0.05) is 17.3 Å². The van der Waals surface area contributed by atoms with Crippen molar-refractivity contribution in [2.24, 2.45) is 5.92 Å². The number of anilines is 1. The van der Waals surface area contributed by atoms with Crippen LogP contribution in [0, 0.1) is 5.92 Å². The molecule has 2 aliphatic carbocycles. The lowest BCUT2D eigenvalue weighted by Gasteiger charge is -2.29. The number of benzene rings is 1. The van der Waals surface area contributed by atoms with Crippen LogP contribution >= 0.6 is 11.8 Å². The Labute approximate surface area is 220 Å². The molecule has 0 aliphatic heterocycles. The van der Waals surface area contributed by atoms with E-state index < -0.39 is 29.7 Å². The monoisotopic (exact) mass is 525 g/mol. The fourth-order valence-electron chi connectivity index (χ4n) is 4.90. The molecule has 1 aromatic carbocycles. The number of carbonyl (C=O) groups excluding carboxylic acids is 1. The van der Waals surface area contributed by atoms with Gasteiger partial charge in [0.1, 0.15) is 6.10 Å². The van der Waals surface area contributed by atoms with E-state index in [0.717, 1.165) is 30.6 Å². The van der Waals surface area contributed by atoms with Gasteiger partial charge >= 0.3 is 0 Å². The molecule has 3 unspecified atom stereocenters. The molecule has 198 valence electrons. The fraction of sp³-hybridized carbons (Fsp3) is 0.577. The number of hydrogen-bond donors (Lipinski definition) is 4. The molecule has 2 aliphatic rings. The quantitative estimate of drug-likeness (QED) is 0.232. The Morgan fingerprint density at radius 1 is 1.16 bits per heavy atom. The number of amides is 1. The minimum Gasteiger partial charge on any atom is -0.390 e. The molecule has 0 saturated heterocycles. The summed E-state index contributed by atoms with van der Waals surface area (Å²) in [6.45, 7) is 6.01. The van der Waals surface area contributed by atoms with Crippen molar-refractivity contribution >= 4 is 34.7 Å². The van der Waals surface area contributed by atoms with Crippen LogP contribution in [0.3, 0.4) is 0 Å². The number of rotatable bonds is 10. The summed E-state index contributed by atoms with van der Waals surface area (Å²) in [5, 5.41) is 37.6. The summed E-state index contributed by atoms with van der Waals surface area (Å²) in [7, 11) is 0. The van der Waals surface area contributed by atoms with E-state index in [4.69, 9.17) is 4.98 Å². The third kappa shape index (κ3) is 5.73. The maximum atomic E-state index is 13.3. The second kappa shape index (κ2) is 10.5. The first-order valence-electron chi connectivity index (χ1n) is 13.0. The van der Waals surface area contributed by atoms with Gasteiger partial charge in [0.15, 0.2) is 22.1 Å². The summed E-state index contributed by atoms with van der Waals surface area (Å²) in [4.78, 5) is 22.6. The summed E-state index contributed by atoms with van der Waals surface area (Å²) < 4.78 is 1.56. The Hall–Kier alpha value is -2.76. The standard InChI is InChI=1S/C26H35N7O3S/c1-4-12-37-25-28-22(27-16-10-11-16)19-23(29-25)33(32-31-19)18-13-17(20(34)21(18)35)24(36)30-26(2,3)14-15-8-6-5-7-9-15/h5-9,16-18,20-21,34-35H,4,10-14H2,1-3H3,(H,30,36)(H,27,28,29)/t17-,18?,20?,21?/m0/s1. The fourth-order valence-corrected chi connectivity index (χ4v) is 5.59. The van der Waals surface area contributed by atoms with Crippen LogP contribution in [0.1, 0.15) is 58.1 Å². The Bertz CT molecular complexity index is 1250. The van der Waals surface area contributed by atoms with Gasteiger partial charge in [-0.3, -0.25) is 4.79 Å². The molecule has 1 amide bonds. The smallest absolute Gasteiger partial charge is 0.226 e. The largest absolute Gasteiger partial charge is 0.390 e. The first-order chi connectivity index (χ1) is 17.8. The lowest BCUT2D eigenvalue weighted by atomic mass is 9.93. The number of carbonyl (C=O) groups is 1. The highest BCUT2D eigenvalue weighted by molar-refractivity contribution is 7.99. The van der Waals surface area contributed by atoms with Crippen LogP contribution in [-0.4, -0.2) is 70.6 Å². The predicted octanol–water partition coefficient (Wildman–Crippen LogP) is 2.72. The second-order valence-electron chi connectivity index (χ2n) is 10.8. The van der Waals surface area contributed by atoms with Crippen molar-refractivity contribution in [3.63, 3.8) is 0 Å². The molecule has 2 fully saturated rings. The van der Waals surface area contributed by atoms with Gasteiger partial charge in [-0.15, -0.1) is 5.10 Å². The summed E-state index contributed by atoms with van der Waals surface area (Å²) >= 11 is 1.56. The Kier molecular flexibility index (Phi) is 7.37. The molecule has 10 nitrogen and oxygen atoms in total. The van der Waals surface area contributed by atoms with Crippen LogP contribution in [0.5, 0.6) is 0 Å². The van der Waals surface area contributed by atoms with E-state index in [9.17, 15) is 15.0 Å². The lowest BCUT2D eigenvalue weighted by molar-refractivity contribution is -0.130. The molecular formula is C26H35N7O3S. The molecule has 2 heterocycles. The number of aliphatic hydroxyl groups is 2. The van der Waals surface area contributed by atoms with Gasteiger partial charge in [-0.1, -0.05) is 54.2 Å². The van der Waals surface area contributed by atoms with E-state index in [-0.39, 0.29) is 12.3 Å². The zero-order chi connectivity index (χ0) is 26.2. The third-order valence-electron chi connectivity index (χ3n) is 6.91. The molecule has 0 spiro atoms. The van der Waals surface area contributed by atoms with Gasteiger partial charge in [0.2, 0.25) is 5.91 Å². The average Bonchev–Trinajstić information content (AvgIpc) is 3.50. The van der Waals surface area contributed by atoms with Crippen LogP contribution in [0.4, 0.5) is 5.82 Å². The van der Waals surface area contributed by atoms with Gasteiger partial charge in [-0.05, 0) is 51.5 Å². The summed E-state index contributed by atoms with van der Waals surface area (Å²) in [6.07, 6.45) is 1.62. The number of nitrogens with zero attached hydrogens (tertiary/aromatic N) is 5. The zero-order valence-electron chi connectivity index (χ0n) is 21.5. The van der Waals surface area contributed by atoms with Crippen molar-refractivity contribution in [2.45, 2.75) is 87.9 Å². The predicted molar refractivity (Wildman–Crippen MR) is 142 cm³/mol. The number of nitrogens with one attached hydrogen (secondary N) is 2. The number of aliphatic hydroxyl groups excluding tert-OH is 2. The highest BCUT2D eigenvalue weighted by Crippen LogP contribution is 2.38. The van der Waals surface area contributed by atoms with Gasteiger partial charge in [0.25, 0.3) is 0 Å². The molecule has 4 N–H and O–H groups in total. The van der Waals surface area contributed by atoms with Crippen molar-refractivity contribution in [3.8, 4) is 0 Å². The summed E-state index contributed by atoms with van der Waals surface area (Å²) in [6, 6.07) is 9.68. The lowest BCUT2D eigenvalue weighted by Crippen LogP contribution is -2.49. The van der Waals surface area contributed by atoms with E-state index >= 15 is 0 Å². The number of fused-ring (bicyclic) bond motifs is 1. The molecule has 4 atom stereocenters. The van der Waals surface area contributed by atoms with Crippen molar-refractivity contribution in [1.29, 1.82) is 0 Å². The molecule has 0 radical (unpaired) electrons. The first-order valence-corrected chi connectivity index (χ1v) is 14.0. The topological polar surface area (TPSA) is 138 Å². The van der Waals surface area contributed by atoms with E-state index in [1.54, 1.807) is 16.4 Å². The minimum atomic E-state index is -1.23. The van der Waals surface area contributed by atoms with Crippen molar-refractivity contribution < 1.29 is 15.0 Å². The minimum absolute atomic E-state index is 0.223. The van der Waals surface area contributed by atoms with Crippen molar-refractivity contribution in [3.05, 3.63) is 35.9 Å². The zero-order valence-corrected chi connectivity index (χ0v) is 22.3. The molecule has 2 saturated carbocycles. The number of thioether (sulfide) groups is 1. The summed E-state index contributed by atoms with van der Waals surface area (Å²) in [5.74, 6) is 0.447. The Morgan fingerprint density at radius 2 is 1.92 bits per heavy atom. The third-order valence-corrected chi connectivity index (χ3v) is 7.96. The molecule has 0 bridgehead atoms. The maximum Gasteiger partial charge on any atom is 0.226 e.